The van der Waals surface area contributed by atoms with Crippen molar-refractivity contribution in [3.05, 3.63) is 53.2 Å². The van der Waals surface area contributed by atoms with Crippen LogP contribution in [-0.2, 0) is 4.79 Å². The number of aliphatic hydroxyl groups excluding tert-OH is 1. The lowest BCUT2D eigenvalue weighted by Gasteiger charge is -2.36. The molecule has 3 rings (SSSR count). The van der Waals surface area contributed by atoms with Crippen LogP contribution < -0.4 is 4.90 Å². The molecule has 1 atom stereocenters. The molecule has 1 aromatic carbocycles. The molecule has 2 heterocycles. The number of amides is 1. The van der Waals surface area contributed by atoms with Crippen molar-refractivity contribution in [2.24, 2.45) is 0 Å². The van der Waals surface area contributed by atoms with E-state index in [2.05, 4.69) is 14.9 Å². The Morgan fingerprint density at radius 1 is 1.16 bits per heavy atom. The SMILES string of the molecule is Cc1cnc(C)c(N2CCN(C(=O)[C@@H](O)c3ccc(F)cc3)CC2)n1. The van der Waals surface area contributed by atoms with Crippen LogP contribution in [0, 0.1) is 19.7 Å². The lowest BCUT2D eigenvalue weighted by Crippen LogP contribution is -2.50. The van der Waals surface area contributed by atoms with Gasteiger partial charge in [0.15, 0.2) is 6.10 Å². The minimum absolute atomic E-state index is 0.363. The number of piperazine rings is 1. The minimum Gasteiger partial charge on any atom is -0.378 e. The second kappa shape index (κ2) is 7.14. The van der Waals surface area contributed by atoms with Crippen molar-refractivity contribution in [3.63, 3.8) is 0 Å². The first-order valence-electron chi connectivity index (χ1n) is 8.23. The Balaban J connectivity index is 1.64. The highest BCUT2D eigenvalue weighted by Gasteiger charge is 2.28. The van der Waals surface area contributed by atoms with Gasteiger partial charge in [-0.1, -0.05) is 12.1 Å². The van der Waals surface area contributed by atoms with Crippen LogP contribution in [0.25, 0.3) is 0 Å². The molecule has 0 aliphatic carbocycles. The number of aromatic nitrogens is 2. The second-order valence-electron chi connectivity index (χ2n) is 6.19. The molecule has 0 radical (unpaired) electrons. The highest BCUT2D eigenvalue weighted by atomic mass is 19.1. The van der Waals surface area contributed by atoms with E-state index in [1.807, 2.05) is 13.8 Å². The molecular formula is C18H21FN4O2. The van der Waals surface area contributed by atoms with Crippen LogP contribution in [0.4, 0.5) is 10.2 Å². The highest BCUT2D eigenvalue weighted by Crippen LogP contribution is 2.20. The molecule has 2 aromatic rings. The van der Waals surface area contributed by atoms with Gasteiger partial charge < -0.3 is 14.9 Å². The molecule has 1 amide bonds. The third-order valence-corrected chi connectivity index (χ3v) is 4.36. The van der Waals surface area contributed by atoms with Gasteiger partial charge in [-0.2, -0.15) is 0 Å². The van der Waals surface area contributed by atoms with Gasteiger partial charge in [-0.05, 0) is 31.5 Å². The number of halogens is 1. The Bertz CT molecular complexity index is 758. The van der Waals surface area contributed by atoms with Crippen molar-refractivity contribution in [2.45, 2.75) is 20.0 Å². The van der Waals surface area contributed by atoms with Crippen LogP contribution in [0.15, 0.2) is 30.5 Å². The molecule has 25 heavy (non-hydrogen) atoms. The smallest absolute Gasteiger partial charge is 0.256 e. The normalized spacial score (nSPS) is 16.0. The van der Waals surface area contributed by atoms with Crippen molar-refractivity contribution in [1.29, 1.82) is 0 Å². The summed E-state index contributed by atoms with van der Waals surface area (Å²) in [5.74, 6) is 0.0798. The fourth-order valence-electron chi connectivity index (χ4n) is 2.92. The molecule has 0 spiro atoms. The molecule has 0 saturated carbocycles. The second-order valence-corrected chi connectivity index (χ2v) is 6.19. The van der Waals surface area contributed by atoms with Crippen LogP contribution in [0.1, 0.15) is 23.1 Å². The Kier molecular flexibility index (Phi) is 4.94. The lowest BCUT2D eigenvalue weighted by atomic mass is 10.1. The van der Waals surface area contributed by atoms with Crippen molar-refractivity contribution < 1.29 is 14.3 Å². The fraction of sp³-hybridized carbons (Fsp3) is 0.389. The first-order valence-corrected chi connectivity index (χ1v) is 8.23. The maximum absolute atomic E-state index is 13.0. The van der Waals surface area contributed by atoms with Gasteiger partial charge in [0.25, 0.3) is 5.91 Å². The number of aliphatic hydroxyl groups is 1. The molecule has 1 aromatic heterocycles. The van der Waals surface area contributed by atoms with Crippen LogP contribution >= 0.6 is 0 Å². The van der Waals surface area contributed by atoms with E-state index in [1.54, 1.807) is 11.1 Å². The van der Waals surface area contributed by atoms with Crippen molar-refractivity contribution >= 4 is 11.7 Å². The van der Waals surface area contributed by atoms with E-state index in [9.17, 15) is 14.3 Å². The molecular weight excluding hydrogens is 323 g/mol. The number of rotatable bonds is 3. The van der Waals surface area contributed by atoms with Crippen LogP contribution in [0.3, 0.4) is 0 Å². The predicted molar refractivity (Wildman–Crippen MR) is 91.7 cm³/mol. The molecule has 1 fully saturated rings. The summed E-state index contributed by atoms with van der Waals surface area (Å²) in [6.07, 6.45) is 0.463. The van der Waals surface area contributed by atoms with Gasteiger partial charge in [0.05, 0.1) is 11.4 Å². The first kappa shape index (κ1) is 17.3. The summed E-state index contributed by atoms with van der Waals surface area (Å²) in [6.45, 7) is 6.05. The number of hydrogen-bond acceptors (Lipinski definition) is 5. The molecule has 6 nitrogen and oxygen atoms in total. The maximum atomic E-state index is 13.0. The van der Waals surface area contributed by atoms with Gasteiger partial charge in [-0.15, -0.1) is 0 Å². The summed E-state index contributed by atoms with van der Waals surface area (Å²) in [6, 6.07) is 5.34. The summed E-state index contributed by atoms with van der Waals surface area (Å²) in [4.78, 5) is 25.1. The maximum Gasteiger partial charge on any atom is 0.256 e. The van der Waals surface area contributed by atoms with Gasteiger partial charge in [0.1, 0.15) is 11.6 Å². The number of anilines is 1. The molecule has 1 aliphatic heterocycles. The molecule has 1 N–H and O–H groups in total. The number of benzene rings is 1. The lowest BCUT2D eigenvalue weighted by molar-refractivity contribution is -0.140. The van der Waals surface area contributed by atoms with Gasteiger partial charge >= 0.3 is 0 Å². The topological polar surface area (TPSA) is 69.6 Å². The first-order chi connectivity index (χ1) is 12.0. The van der Waals surface area contributed by atoms with E-state index in [-0.39, 0.29) is 5.91 Å². The van der Waals surface area contributed by atoms with Crippen LogP contribution in [0.2, 0.25) is 0 Å². The summed E-state index contributed by atoms with van der Waals surface area (Å²) in [5, 5.41) is 10.2. The van der Waals surface area contributed by atoms with Gasteiger partial charge in [0, 0.05) is 32.4 Å². The van der Waals surface area contributed by atoms with Crippen LogP contribution in [0.5, 0.6) is 0 Å². The number of aryl methyl sites for hydroxylation is 2. The summed E-state index contributed by atoms with van der Waals surface area (Å²) in [5.41, 5.74) is 2.11. The zero-order chi connectivity index (χ0) is 18.0. The fourth-order valence-corrected chi connectivity index (χ4v) is 2.92. The van der Waals surface area contributed by atoms with E-state index < -0.39 is 11.9 Å². The Morgan fingerprint density at radius 3 is 2.44 bits per heavy atom. The minimum atomic E-state index is -1.27. The zero-order valence-electron chi connectivity index (χ0n) is 14.3. The molecule has 1 saturated heterocycles. The number of carbonyl (C=O) groups is 1. The monoisotopic (exact) mass is 344 g/mol. The third-order valence-electron chi connectivity index (χ3n) is 4.36. The van der Waals surface area contributed by atoms with Crippen molar-refractivity contribution in [1.82, 2.24) is 14.9 Å². The average Bonchev–Trinajstić information content (AvgIpc) is 2.63. The third kappa shape index (κ3) is 3.76. The zero-order valence-corrected chi connectivity index (χ0v) is 14.3. The summed E-state index contributed by atoms with van der Waals surface area (Å²) >= 11 is 0. The average molecular weight is 344 g/mol. The Morgan fingerprint density at radius 2 is 1.80 bits per heavy atom. The number of nitrogens with zero attached hydrogens (tertiary/aromatic N) is 4. The van der Waals surface area contributed by atoms with Crippen molar-refractivity contribution in [3.8, 4) is 0 Å². The number of carbonyl (C=O) groups excluding carboxylic acids is 1. The largest absolute Gasteiger partial charge is 0.378 e. The van der Waals surface area contributed by atoms with E-state index in [0.717, 1.165) is 17.2 Å². The Hall–Kier alpha value is -2.54. The molecule has 1 aliphatic rings. The van der Waals surface area contributed by atoms with E-state index in [4.69, 9.17) is 0 Å². The highest BCUT2D eigenvalue weighted by molar-refractivity contribution is 5.82. The van der Waals surface area contributed by atoms with Gasteiger partial charge in [0.2, 0.25) is 0 Å². The van der Waals surface area contributed by atoms with E-state index in [0.29, 0.717) is 31.7 Å². The van der Waals surface area contributed by atoms with Crippen molar-refractivity contribution in [2.75, 3.05) is 31.1 Å². The van der Waals surface area contributed by atoms with Gasteiger partial charge in [-0.3, -0.25) is 9.78 Å². The molecule has 0 bridgehead atoms. The molecule has 132 valence electrons. The van der Waals surface area contributed by atoms with Crippen LogP contribution in [-0.4, -0.2) is 52.1 Å². The summed E-state index contributed by atoms with van der Waals surface area (Å²) in [7, 11) is 0. The Labute approximate surface area is 145 Å². The standard InChI is InChI=1S/C18H21FN4O2/c1-12-11-20-13(2)17(21-12)22-7-9-23(10-8-22)18(25)16(24)14-3-5-15(19)6-4-14/h3-6,11,16,24H,7-10H2,1-2H3/t16-/m0/s1. The predicted octanol–water partition coefficient (Wildman–Crippen LogP) is 1.61. The van der Waals surface area contributed by atoms with Gasteiger partial charge in [-0.25, -0.2) is 9.37 Å². The molecule has 0 unspecified atom stereocenters. The quantitative estimate of drug-likeness (QED) is 0.916. The summed E-state index contributed by atoms with van der Waals surface area (Å²) < 4.78 is 13.0. The number of hydrogen-bond donors (Lipinski definition) is 1. The van der Waals surface area contributed by atoms with E-state index in [1.165, 1.54) is 24.3 Å². The molecule has 7 heteroatoms. The van der Waals surface area contributed by atoms with E-state index >= 15 is 0 Å².